The summed E-state index contributed by atoms with van der Waals surface area (Å²) in [5, 5.41) is 0. The average Bonchev–Trinajstić information content (AvgIpc) is 3.02. The summed E-state index contributed by atoms with van der Waals surface area (Å²) < 4.78 is 23.1. The molecule has 278 valence electrons. The third-order valence-corrected chi connectivity index (χ3v) is 7.79. The molecule has 1 aromatic rings. The van der Waals surface area contributed by atoms with Gasteiger partial charge in [-0.2, -0.15) is 0 Å². The Morgan fingerprint density at radius 1 is 0.521 bits per heavy atom. The maximum absolute atomic E-state index is 13.3. The minimum absolute atomic E-state index is 0.222. The maximum atomic E-state index is 13.3. The van der Waals surface area contributed by atoms with Crippen molar-refractivity contribution in [3.63, 3.8) is 0 Å². The van der Waals surface area contributed by atoms with Gasteiger partial charge in [-0.25, -0.2) is 9.59 Å². The number of nitrogens with zero attached hydrogens (tertiary/aromatic N) is 6. The summed E-state index contributed by atoms with van der Waals surface area (Å²) in [5.41, 5.74) is 0.465. The predicted octanol–water partition coefficient (Wildman–Crippen LogP) is 3.21. The van der Waals surface area contributed by atoms with Gasteiger partial charge in [0, 0.05) is 13.1 Å². The standard InChI is InChI=1S/C36H68N6O6/c1-11-26-48-36(44)32-30-33(46-27-24-41(20-12-16-37(2)3)21-13-17-38(4)5)31(35(43)45-10)29-34(32)47-28-25-42(22-14-18-39(6)7)23-15-19-40(8)9/h29-30H,11-28H2,1-10H3. The zero-order valence-electron chi connectivity index (χ0n) is 32.0. The Bertz CT molecular complexity index is 995. The largest absolute Gasteiger partial charge is 0.491 e. The molecule has 12 heteroatoms. The van der Waals surface area contributed by atoms with Crippen molar-refractivity contribution in [2.45, 2.75) is 39.0 Å². The van der Waals surface area contributed by atoms with Gasteiger partial charge in [0.1, 0.15) is 35.8 Å². The molecule has 0 saturated carbocycles. The van der Waals surface area contributed by atoms with E-state index < -0.39 is 11.9 Å². The molecular weight excluding hydrogens is 612 g/mol. The second-order valence-corrected chi connectivity index (χ2v) is 13.5. The number of ether oxygens (including phenoxy) is 4. The van der Waals surface area contributed by atoms with Gasteiger partial charge in [0.15, 0.2) is 0 Å². The molecule has 1 aromatic carbocycles. The molecule has 0 bridgehead atoms. The quantitative estimate of drug-likeness (QED) is 0.122. The molecule has 0 heterocycles. The summed E-state index contributed by atoms with van der Waals surface area (Å²) in [4.78, 5) is 39.8. The van der Waals surface area contributed by atoms with Gasteiger partial charge in [-0.15, -0.1) is 0 Å². The molecule has 0 aromatic heterocycles. The van der Waals surface area contributed by atoms with Gasteiger partial charge in [0.05, 0.1) is 13.7 Å². The van der Waals surface area contributed by atoms with E-state index in [4.69, 9.17) is 18.9 Å². The highest BCUT2D eigenvalue weighted by molar-refractivity contribution is 5.98. The lowest BCUT2D eigenvalue weighted by molar-refractivity contribution is 0.0496. The van der Waals surface area contributed by atoms with E-state index >= 15 is 0 Å². The van der Waals surface area contributed by atoms with Crippen LogP contribution in [0.25, 0.3) is 0 Å². The van der Waals surface area contributed by atoms with Crippen LogP contribution >= 0.6 is 0 Å². The summed E-state index contributed by atoms with van der Waals surface area (Å²) in [5.74, 6) is -0.477. The molecule has 0 unspecified atom stereocenters. The Morgan fingerprint density at radius 3 is 1.19 bits per heavy atom. The third-order valence-electron chi connectivity index (χ3n) is 7.79. The lowest BCUT2D eigenvalue weighted by Crippen LogP contribution is -2.33. The first-order chi connectivity index (χ1) is 22.9. The van der Waals surface area contributed by atoms with Crippen molar-refractivity contribution in [1.82, 2.24) is 29.4 Å². The van der Waals surface area contributed by atoms with Crippen LogP contribution in [0.3, 0.4) is 0 Å². The summed E-state index contributed by atoms with van der Waals surface area (Å²) in [6.07, 6.45) is 4.88. The number of carbonyl (C=O) groups excluding carboxylic acids is 2. The van der Waals surface area contributed by atoms with Crippen molar-refractivity contribution in [2.75, 3.05) is 149 Å². The smallest absolute Gasteiger partial charge is 0.342 e. The monoisotopic (exact) mass is 681 g/mol. The van der Waals surface area contributed by atoms with Crippen molar-refractivity contribution >= 4 is 11.9 Å². The Balaban J connectivity index is 3.18. The van der Waals surface area contributed by atoms with Crippen molar-refractivity contribution in [3.8, 4) is 11.5 Å². The van der Waals surface area contributed by atoms with Crippen LogP contribution in [0.4, 0.5) is 0 Å². The van der Waals surface area contributed by atoms with E-state index in [1.54, 1.807) is 12.1 Å². The highest BCUT2D eigenvalue weighted by Crippen LogP contribution is 2.31. The van der Waals surface area contributed by atoms with Crippen molar-refractivity contribution in [3.05, 3.63) is 23.3 Å². The predicted molar refractivity (Wildman–Crippen MR) is 195 cm³/mol. The Morgan fingerprint density at radius 2 is 0.875 bits per heavy atom. The SMILES string of the molecule is CCCOC(=O)c1cc(OCCN(CCCN(C)C)CCCN(C)C)c(C(=O)OC)cc1OCCN(CCCN(C)C)CCCN(C)C. The average molecular weight is 681 g/mol. The number of carbonyl (C=O) groups is 2. The van der Waals surface area contributed by atoms with Crippen LogP contribution in [0.2, 0.25) is 0 Å². The lowest BCUT2D eigenvalue weighted by Gasteiger charge is -2.25. The van der Waals surface area contributed by atoms with Gasteiger partial charge in [-0.3, -0.25) is 9.80 Å². The topological polar surface area (TPSA) is 90.5 Å². The number of methoxy groups -OCH3 is 1. The minimum atomic E-state index is -0.550. The van der Waals surface area contributed by atoms with Crippen LogP contribution in [0.5, 0.6) is 11.5 Å². The fourth-order valence-corrected chi connectivity index (χ4v) is 5.18. The molecule has 0 aliphatic carbocycles. The molecular formula is C36H68N6O6. The minimum Gasteiger partial charge on any atom is -0.491 e. The number of rotatable bonds is 28. The fraction of sp³-hybridized carbons (Fsp3) is 0.778. The molecule has 0 aliphatic rings. The maximum Gasteiger partial charge on any atom is 0.342 e. The fourth-order valence-electron chi connectivity index (χ4n) is 5.18. The first-order valence-electron chi connectivity index (χ1n) is 17.6. The molecule has 0 amide bonds. The van der Waals surface area contributed by atoms with Gasteiger partial charge in [0.25, 0.3) is 0 Å². The number of esters is 2. The first kappa shape index (κ1) is 43.5. The Labute approximate surface area is 292 Å². The Hall–Kier alpha value is -2.48. The molecule has 48 heavy (non-hydrogen) atoms. The second kappa shape index (κ2) is 25.5. The molecule has 0 N–H and O–H groups in total. The lowest BCUT2D eigenvalue weighted by atomic mass is 10.1. The van der Waals surface area contributed by atoms with Crippen LogP contribution < -0.4 is 9.47 Å². The van der Waals surface area contributed by atoms with E-state index in [1.165, 1.54) is 7.11 Å². The van der Waals surface area contributed by atoms with Crippen LogP contribution in [0.15, 0.2) is 12.1 Å². The van der Waals surface area contributed by atoms with E-state index in [1.807, 2.05) is 6.92 Å². The number of benzene rings is 1. The Kier molecular flexibility index (Phi) is 23.1. The van der Waals surface area contributed by atoms with Crippen LogP contribution in [-0.4, -0.2) is 190 Å². The molecule has 0 fully saturated rings. The summed E-state index contributed by atoms with van der Waals surface area (Å²) in [7, 11) is 18.0. The van der Waals surface area contributed by atoms with E-state index in [2.05, 4.69) is 85.8 Å². The second-order valence-electron chi connectivity index (χ2n) is 13.5. The molecule has 0 saturated heterocycles. The van der Waals surface area contributed by atoms with E-state index in [0.29, 0.717) is 38.5 Å². The van der Waals surface area contributed by atoms with Gasteiger partial charge in [-0.1, -0.05) is 6.92 Å². The summed E-state index contributed by atoms with van der Waals surface area (Å²) in [6, 6.07) is 3.14. The number of hydrogen-bond acceptors (Lipinski definition) is 12. The molecule has 1 rings (SSSR count). The molecule has 0 aliphatic heterocycles. The summed E-state index contributed by atoms with van der Waals surface area (Å²) in [6.45, 7) is 12.1. The normalized spacial score (nSPS) is 11.8. The third kappa shape index (κ3) is 19.5. The molecule has 12 nitrogen and oxygen atoms in total. The molecule has 0 spiro atoms. The van der Waals surface area contributed by atoms with Gasteiger partial charge < -0.3 is 38.5 Å². The van der Waals surface area contributed by atoms with Crippen LogP contribution in [0.1, 0.15) is 59.7 Å². The van der Waals surface area contributed by atoms with Crippen molar-refractivity contribution in [1.29, 1.82) is 0 Å². The van der Waals surface area contributed by atoms with Crippen molar-refractivity contribution < 1.29 is 28.5 Å². The van der Waals surface area contributed by atoms with E-state index in [0.717, 1.165) is 78.0 Å². The van der Waals surface area contributed by atoms with Gasteiger partial charge >= 0.3 is 11.9 Å². The van der Waals surface area contributed by atoms with Gasteiger partial charge in [0.2, 0.25) is 0 Å². The van der Waals surface area contributed by atoms with Gasteiger partial charge in [-0.05, 0) is 153 Å². The van der Waals surface area contributed by atoms with Crippen molar-refractivity contribution in [2.24, 2.45) is 0 Å². The number of hydrogen-bond donors (Lipinski definition) is 0. The zero-order chi connectivity index (χ0) is 35.9. The molecule has 0 radical (unpaired) electrons. The van der Waals surface area contributed by atoms with Crippen LogP contribution in [-0.2, 0) is 9.47 Å². The van der Waals surface area contributed by atoms with E-state index in [9.17, 15) is 9.59 Å². The zero-order valence-corrected chi connectivity index (χ0v) is 32.0. The summed E-state index contributed by atoms with van der Waals surface area (Å²) >= 11 is 0. The highest BCUT2D eigenvalue weighted by Gasteiger charge is 2.23. The van der Waals surface area contributed by atoms with Crippen LogP contribution in [0, 0.1) is 0 Å². The van der Waals surface area contributed by atoms with E-state index in [-0.39, 0.29) is 23.5 Å². The molecule has 0 atom stereocenters. The first-order valence-corrected chi connectivity index (χ1v) is 17.6. The highest BCUT2D eigenvalue weighted by atomic mass is 16.5.